The first-order valence-electron chi connectivity index (χ1n) is 9.57. The molecule has 1 unspecified atom stereocenters. The molecular formula is C20H30IN5O2. The van der Waals surface area contributed by atoms with Gasteiger partial charge in [0, 0.05) is 45.7 Å². The molecule has 3 rings (SSSR count). The van der Waals surface area contributed by atoms with E-state index in [2.05, 4.69) is 32.7 Å². The highest BCUT2D eigenvalue weighted by Gasteiger charge is 2.14. The van der Waals surface area contributed by atoms with E-state index >= 15 is 0 Å². The van der Waals surface area contributed by atoms with Crippen LogP contribution in [0.1, 0.15) is 24.8 Å². The van der Waals surface area contributed by atoms with Crippen LogP contribution in [-0.2, 0) is 16.0 Å². The number of halogens is 1. The number of aromatic nitrogens is 2. The second-order valence-electron chi connectivity index (χ2n) is 6.51. The van der Waals surface area contributed by atoms with Crippen molar-refractivity contribution in [3.8, 4) is 5.69 Å². The summed E-state index contributed by atoms with van der Waals surface area (Å²) in [6.07, 6.45) is 9.04. The summed E-state index contributed by atoms with van der Waals surface area (Å²) in [4.78, 5) is 8.42. The predicted molar refractivity (Wildman–Crippen MR) is 122 cm³/mol. The van der Waals surface area contributed by atoms with Gasteiger partial charge in [0.15, 0.2) is 5.96 Å². The van der Waals surface area contributed by atoms with Gasteiger partial charge >= 0.3 is 0 Å². The van der Waals surface area contributed by atoms with E-state index in [0.717, 1.165) is 50.7 Å². The molecule has 1 aromatic heterocycles. The zero-order valence-electron chi connectivity index (χ0n) is 16.3. The van der Waals surface area contributed by atoms with Gasteiger partial charge in [-0.3, -0.25) is 4.99 Å². The fraction of sp³-hybridized carbons (Fsp3) is 0.500. The number of ether oxygens (including phenoxy) is 2. The van der Waals surface area contributed by atoms with Crippen molar-refractivity contribution in [1.29, 1.82) is 0 Å². The first-order valence-corrected chi connectivity index (χ1v) is 9.57. The van der Waals surface area contributed by atoms with Crippen LogP contribution < -0.4 is 10.6 Å². The van der Waals surface area contributed by atoms with Crippen molar-refractivity contribution in [1.82, 2.24) is 20.2 Å². The molecule has 1 aromatic carbocycles. The molecule has 0 amide bonds. The monoisotopic (exact) mass is 499 g/mol. The summed E-state index contributed by atoms with van der Waals surface area (Å²) in [6.45, 7) is 3.81. The minimum atomic E-state index is 0. The number of rotatable bonds is 9. The summed E-state index contributed by atoms with van der Waals surface area (Å²) in [5, 5.41) is 6.70. The van der Waals surface area contributed by atoms with E-state index in [-0.39, 0.29) is 24.0 Å². The third kappa shape index (κ3) is 7.06. The molecule has 0 spiro atoms. The van der Waals surface area contributed by atoms with Crippen LogP contribution in [0.5, 0.6) is 0 Å². The maximum Gasteiger partial charge on any atom is 0.191 e. The predicted octanol–water partition coefficient (Wildman–Crippen LogP) is 2.74. The van der Waals surface area contributed by atoms with E-state index in [0.29, 0.717) is 19.3 Å². The molecule has 0 aliphatic carbocycles. The van der Waals surface area contributed by atoms with Gasteiger partial charge in [-0.2, -0.15) is 0 Å². The van der Waals surface area contributed by atoms with Crippen molar-refractivity contribution in [2.24, 2.45) is 4.99 Å². The van der Waals surface area contributed by atoms with Gasteiger partial charge in [-0.1, -0.05) is 18.2 Å². The van der Waals surface area contributed by atoms with Gasteiger partial charge in [-0.15, -0.1) is 24.0 Å². The van der Waals surface area contributed by atoms with Gasteiger partial charge in [0.1, 0.15) is 0 Å². The lowest BCUT2D eigenvalue weighted by molar-refractivity contribution is 0.0168. The van der Waals surface area contributed by atoms with Crippen LogP contribution in [0.3, 0.4) is 0 Å². The van der Waals surface area contributed by atoms with Gasteiger partial charge < -0.3 is 24.7 Å². The number of para-hydroxylation sites is 1. The first-order chi connectivity index (χ1) is 13.4. The zero-order chi connectivity index (χ0) is 18.7. The molecule has 2 heterocycles. The Morgan fingerprint density at radius 2 is 2.25 bits per heavy atom. The zero-order valence-corrected chi connectivity index (χ0v) is 18.7. The molecule has 1 aliphatic rings. The first kappa shape index (κ1) is 22.6. The van der Waals surface area contributed by atoms with Gasteiger partial charge in [0.05, 0.1) is 24.7 Å². The second kappa shape index (κ2) is 12.7. The van der Waals surface area contributed by atoms with Gasteiger partial charge in [0.25, 0.3) is 0 Å². The second-order valence-corrected chi connectivity index (χ2v) is 6.51. The van der Waals surface area contributed by atoms with Gasteiger partial charge in [0.2, 0.25) is 0 Å². The molecule has 8 heteroatoms. The quantitative estimate of drug-likeness (QED) is 0.240. The van der Waals surface area contributed by atoms with Crippen LogP contribution in [0.25, 0.3) is 5.69 Å². The number of aliphatic imine (C=N–C) groups is 1. The topological polar surface area (TPSA) is 72.7 Å². The van der Waals surface area contributed by atoms with E-state index in [9.17, 15) is 0 Å². The minimum Gasteiger partial charge on any atom is -0.379 e. The maximum absolute atomic E-state index is 5.69. The minimum absolute atomic E-state index is 0. The molecule has 1 fully saturated rings. The Labute approximate surface area is 184 Å². The van der Waals surface area contributed by atoms with Crippen molar-refractivity contribution in [2.45, 2.75) is 31.9 Å². The van der Waals surface area contributed by atoms with Crippen LogP contribution in [0.15, 0.2) is 48.0 Å². The third-order valence-electron chi connectivity index (χ3n) is 4.53. The van der Waals surface area contributed by atoms with Crippen molar-refractivity contribution in [2.75, 3.05) is 33.4 Å². The van der Waals surface area contributed by atoms with Crippen LogP contribution in [-0.4, -0.2) is 55.0 Å². The molecule has 7 nitrogen and oxygen atoms in total. The number of hydrogen-bond acceptors (Lipinski definition) is 4. The smallest absolute Gasteiger partial charge is 0.191 e. The van der Waals surface area contributed by atoms with E-state index in [4.69, 9.17) is 9.47 Å². The lowest BCUT2D eigenvalue weighted by Crippen LogP contribution is -2.37. The molecule has 1 aliphatic heterocycles. The fourth-order valence-electron chi connectivity index (χ4n) is 3.08. The highest BCUT2D eigenvalue weighted by Crippen LogP contribution is 2.14. The molecular weight excluding hydrogens is 469 g/mol. The van der Waals surface area contributed by atoms with E-state index < -0.39 is 0 Å². The van der Waals surface area contributed by atoms with Crippen molar-refractivity contribution >= 4 is 29.9 Å². The van der Waals surface area contributed by atoms with Gasteiger partial charge in [-0.05, 0) is 30.9 Å². The molecule has 2 aromatic rings. The highest BCUT2D eigenvalue weighted by atomic mass is 127. The Morgan fingerprint density at radius 1 is 1.36 bits per heavy atom. The molecule has 2 N–H and O–H groups in total. The molecule has 0 radical (unpaired) electrons. The standard InChI is InChI=1S/C20H29N5O2.HI/c1-21-20(23-9-5-12-26-15-18-7-4-13-27-18)24-14-17-6-2-3-8-19(17)25-11-10-22-16-25;/h2-3,6,8,10-11,16,18H,4-5,7,9,12-15H2,1H3,(H2,21,23,24);1H. The molecule has 28 heavy (non-hydrogen) atoms. The van der Waals surface area contributed by atoms with Crippen molar-refractivity contribution < 1.29 is 9.47 Å². The lowest BCUT2D eigenvalue weighted by Gasteiger charge is -2.15. The number of benzene rings is 1. The molecule has 0 saturated carbocycles. The Hall–Kier alpha value is -1.65. The number of nitrogens with zero attached hydrogens (tertiary/aromatic N) is 3. The van der Waals surface area contributed by atoms with Crippen molar-refractivity contribution in [3.05, 3.63) is 48.5 Å². The largest absolute Gasteiger partial charge is 0.379 e. The molecule has 1 atom stereocenters. The van der Waals surface area contributed by atoms with Crippen LogP contribution in [0.4, 0.5) is 0 Å². The van der Waals surface area contributed by atoms with E-state index in [1.54, 1.807) is 13.2 Å². The number of guanidine groups is 1. The number of imidazole rings is 1. The summed E-state index contributed by atoms with van der Waals surface area (Å²) < 4.78 is 13.2. The van der Waals surface area contributed by atoms with E-state index in [1.807, 2.05) is 29.2 Å². The number of nitrogens with one attached hydrogen (secondary N) is 2. The fourth-order valence-corrected chi connectivity index (χ4v) is 3.08. The van der Waals surface area contributed by atoms with Crippen LogP contribution in [0, 0.1) is 0 Å². The van der Waals surface area contributed by atoms with Crippen molar-refractivity contribution in [3.63, 3.8) is 0 Å². The van der Waals surface area contributed by atoms with E-state index in [1.165, 1.54) is 5.56 Å². The molecule has 1 saturated heterocycles. The number of hydrogen-bond donors (Lipinski definition) is 2. The summed E-state index contributed by atoms with van der Waals surface area (Å²) >= 11 is 0. The normalized spacial score (nSPS) is 16.6. The van der Waals surface area contributed by atoms with Gasteiger partial charge in [-0.25, -0.2) is 4.98 Å². The average Bonchev–Trinajstić information content (AvgIpc) is 3.41. The summed E-state index contributed by atoms with van der Waals surface area (Å²) in [6, 6.07) is 8.26. The Balaban J connectivity index is 0.00000280. The Bertz CT molecular complexity index is 702. The lowest BCUT2D eigenvalue weighted by atomic mass is 10.1. The average molecular weight is 499 g/mol. The summed E-state index contributed by atoms with van der Waals surface area (Å²) in [7, 11) is 1.78. The highest BCUT2D eigenvalue weighted by molar-refractivity contribution is 14.0. The molecule has 154 valence electrons. The maximum atomic E-state index is 5.69. The Morgan fingerprint density at radius 3 is 3.00 bits per heavy atom. The molecule has 0 bridgehead atoms. The third-order valence-corrected chi connectivity index (χ3v) is 4.53. The SMILES string of the molecule is CN=C(NCCCOCC1CCCO1)NCc1ccccc1-n1ccnc1.I. The van der Waals surface area contributed by atoms with Crippen LogP contribution in [0.2, 0.25) is 0 Å². The summed E-state index contributed by atoms with van der Waals surface area (Å²) in [5.74, 6) is 0.787. The summed E-state index contributed by atoms with van der Waals surface area (Å²) in [5.41, 5.74) is 2.29. The van der Waals surface area contributed by atoms with Crippen LogP contribution >= 0.6 is 24.0 Å². The Kier molecular flexibility index (Phi) is 10.3.